The van der Waals surface area contributed by atoms with Crippen LogP contribution < -0.4 is 11.5 Å². The van der Waals surface area contributed by atoms with Gasteiger partial charge >= 0.3 is 11.9 Å². The SMILES string of the molecule is NCC(N)(C(=O)O)C(=O)OCc1ccc(Br)cc1. The van der Waals surface area contributed by atoms with Gasteiger partial charge in [-0.25, -0.2) is 9.59 Å². The number of hydrogen-bond donors (Lipinski definition) is 3. The monoisotopic (exact) mass is 316 g/mol. The quantitative estimate of drug-likeness (QED) is 0.529. The summed E-state index contributed by atoms with van der Waals surface area (Å²) in [6.07, 6.45) is 0. The fourth-order valence-electron chi connectivity index (χ4n) is 1.12. The number of benzene rings is 1. The highest BCUT2D eigenvalue weighted by atomic mass is 79.9. The average Bonchev–Trinajstić information content (AvgIpc) is 2.36. The number of carbonyl (C=O) groups excluding carboxylic acids is 1. The van der Waals surface area contributed by atoms with Crippen LogP contribution in [0.2, 0.25) is 0 Å². The van der Waals surface area contributed by atoms with E-state index in [1.54, 1.807) is 24.3 Å². The lowest BCUT2D eigenvalue weighted by molar-refractivity contribution is -0.161. The first kappa shape index (κ1) is 14.6. The first-order valence-corrected chi connectivity index (χ1v) is 5.83. The molecule has 0 saturated carbocycles. The van der Waals surface area contributed by atoms with E-state index < -0.39 is 24.0 Å². The first-order chi connectivity index (χ1) is 8.40. The summed E-state index contributed by atoms with van der Waals surface area (Å²) in [5, 5.41) is 8.82. The molecule has 0 saturated heterocycles. The predicted octanol–water partition coefficient (Wildman–Crippen LogP) is 0.233. The standard InChI is InChI=1S/C11H13BrN2O4/c12-8-3-1-7(2-4-8)5-18-10(17)11(14,6-13)9(15)16/h1-4H,5-6,13-14H2,(H,15,16). The smallest absolute Gasteiger partial charge is 0.339 e. The lowest BCUT2D eigenvalue weighted by Crippen LogP contribution is -2.60. The Labute approximate surface area is 112 Å². The molecule has 18 heavy (non-hydrogen) atoms. The minimum atomic E-state index is -2.20. The van der Waals surface area contributed by atoms with Gasteiger partial charge in [-0.15, -0.1) is 0 Å². The zero-order valence-electron chi connectivity index (χ0n) is 9.43. The molecule has 0 amide bonds. The second-order valence-corrected chi connectivity index (χ2v) is 4.60. The van der Waals surface area contributed by atoms with Crippen LogP contribution in [0.5, 0.6) is 0 Å². The third-order valence-corrected chi connectivity index (χ3v) is 2.88. The Morgan fingerprint density at radius 2 is 1.89 bits per heavy atom. The number of halogens is 1. The van der Waals surface area contributed by atoms with Gasteiger partial charge < -0.3 is 21.3 Å². The van der Waals surface area contributed by atoms with Crippen LogP contribution in [0.4, 0.5) is 0 Å². The van der Waals surface area contributed by atoms with Gasteiger partial charge in [0.2, 0.25) is 5.54 Å². The van der Waals surface area contributed by atoms with Crippen molar-refractivity contribution in [1.82, 2.24) is 0 Å². The number of nitrogens with two attached hydrogens (primary N) is 2. The van der Waals surface area contributed by atoms with Crippen molar-refractivity contribution in [1.29, 1.82) is 0 Å². The lowest BCUT2D eigenvalue weighted by atomic mass is 10.0. The van der Waals surface area contributed by atoms with E-state index in [2.05, 4.69) is 15.9 Å². The largest absolute Gasteiger partial charge is 0.479 e. The van der Waals surface area contributed by atoms with Gasteiger partial charge in [0.1, 0.15) is 6.61 Å². The van der Waals surface area contributed by atoms with Crippen molar-refractivity contribution in [2.45, 2.75) is 12.1 Å². The van der Waals surface area contributed by atoms with Gasteiger partial charge in [-0.2, -0.15) is 0 Å². The number of rotatable bonds is 5. The number of carboxylic acid groups (broad SMARTS) is 1. The highest BCUT2D eigenvalue weighted by Gasteiger charge is 2.42. The summed E-state index contributed by atoms with van der Waals surface area (Å²) in [5.41, 5.74) is 9.07. The van der Waals surface area contributed by atoms with Crippen LogP contribution in [0.1, 0.15) is 5.56 Å². The Kier molecular flexibility index (Phi) is 4.83. The zero-order chi connectivity index (χ0) is 13.8. The molecule has 7 heteroatoms. The van der Waals surface area contributed by atoms with E-state index in [9.17, 15) is 9.59 Å². The Bertz CT molecular complexity index is 449. The van der Waals surface area contributed by atoms with E-state index in [-0.39, 0.29) is 6.61 Å². The molecule has 98 valence electrons. The molecule has 5 N–H and O–H groups in total. The molecule has 6 nitrogen and oxygen atoms in total. The molecule has 1 aromatic rings. The van der Waals surface area contributed by atoms with Crippen LogP contribution in [0.15, 0.2) is 28.7 Å². The molecule has 0 aliphatic rings. The summed E-state index contributed by atoms with van der Waals surface area (Å²) in [6, 6.07) is 7.02. The van der Waals surface area contributed by atoms with Crippen LogP contribution in [-0.4, -0.2) is 29.1 Å². The van der Waals surface area contributed by atoms with Crippen molar-refractivity contribution in [2.75, 3.05) is 6.54 Å². The topological polar surface area (TPSA) is 116 Å². The van der Waals surface area contributed by atoms with Gasteiger partial charge in [-0.3, -0.25) is 0 Å². The van der Waals surface area contributed by atoms with Gasteiger partial charge in [-0.05, 0) is 17.7 Å². The lowest BCUT2D eigenvalue weighted by Gasteiger charge is -2.20. The summed E-state index contributed by atoms with van der Waals surface area (Å²) in [6.45, 7) is -0.583. The molecular weight excluding hydrogens is 304 g/mol. The van der Waals surface area contributed by atoms with Crippen molar-refractivity contribution < 1.29 is 19.4 Å². The molecule has 0 aliphatic carbocycles. The molecule has 1 rings (SSSR count). The number of aliphatic carboxylic acids is 1. The maximum Gasteiger partial charge on any atom is 0.339 e. The van der Waals surface area contributed by atoms with Crippen molar-refractivity contribution in [2.24, 2.45) is 11.5 Å². The van der Waals surface area contributed by atoms with Gasteiger partial charge in [0.05, 0.1) is 0 Å². The van der Waals surface area contributed by atoms with Crippen molar-refractivity contribution >= 4 is 27.9 Å². The molecule has 0 fully saturated rings. The molecule has 1 unspecified atom stereocenters. The minimum Gasteiger partial charge on any atom is -0.479 e. The Balaban J connectivity index is 2.66. The van der Waals surface area contributed by atoms with E-state index in [0.29, 0.717) is 0 Å². The Morgan fingerprint density at radius 1 is 1.33 bits per heavy atom. The van der Waals surface area contributed by atoms with Gasteiger partial charge in [0, 0.05) is 11.0 Å². The van der Waals surface area contributed by atoms with Gasteiger partial charge in [0.25, 0.3) is 0 Å². The highest BCUT2D eigenvalue weighted by molar-refractivity contribution is 9.10. The molecule has 0 heterocycles. The summed E-state index contributed by atoms with van der Waals surface area (Å²) >= 11 is 3.27. The molecule has 0 bridgehead atoms. The molecule has 0 aliphatic heterocycles. The van der Waals surface area contributed by atoms with Crippen molar-refractivity contribution in [3.05, 3.63) is 34.3 Å². The van der Waals surface area contributed by atoms with Gasteiger partial charge in [-0.1, -0.05) is 28.1 Å². The molecule has 0 aromatic heterocycles. The normalized spacial score (nSPS) is 13.7. The minimum absolute atomic E-state index is 0.0572. The number of esters is 1. The number of hydrogen-bond acceptors (Lipinski definition) is 5. The molecule has 1 atom stereocenters. The number of carboxylic acids is 1. The summed E-state index contributed by atoms with van der Waals surface area (Å²) in [5.74, 6) is -2.56. The second kappa shape index (κ2) is 5.94. The maximum absolute atomic E-state index is 11.6. The predicted molar refractivity (Wildman–Crippen MR) is 67.5 cm³/mol. The number of ether oxygens (including phenoxy) is 1. The van der Waals surface area contributed by atoms with E-state index in [4.69, 9.17) is 21.3 Å². The van der Waals surface area contributed by atoms with E-state index in [0.717, 1.165) is 10.0 Å². The molecule has 0 spiro atoms. The van der Waals surface area contributed by atoms with Crippen LogP contribution >= 0.6 is 15.9 Å². The Morgan fingerprint density at radius 3 is 2.33 bits per heavy atom. The third kappa shape index (κ3) is 3.28. The first-order valence-electron chi connectivity index (χ1n) is 5.04. The average molecular weight is 317 g/mol. The summed E-state index contributed by atoms with van der Waals surface area (Å²) < 4.78 is 5.73. The van der Waals surface area contributed by atoms with Crippen molar-refractivity contribution in [3.63, 3.8) is 0 Å². The summed E-state index contributed by atoms with van der Waals surface area (Å²) in [4.78, 5) is 22.4. The molecular formula is C11H13BrN2O4. The molecule has 0 radical (unpaired) electrons. The summed E-state index contributed by atoms with van der Waals surface area (Å²) in [7, 11) is 0. The zero-order valence-corrected chi connectivity index (χ0v) is 11.0. The van der Waals surface area contributed by atoms with E-state index in [1.165, 1.54) is 0 Å². The van der Waals surface area contributed by atoms with Crippen LogP contribution in [0.25, 0.3) is 0 Å². The fourth-order valence-corrected chi connectivity index (χ4v) is 1.38. The Hall–Kier alpha value is -1.44. The van der Waals surface area contributed by atoms with E-state index in [1.807, 2.05) is 0 Å². The highest BCUT2D eigenvalue weighted by Crippen LogP contribution is 2.12. The molecule has 1 aromatic carbocycles. The van der Waals surface area contributed by atoms with Crippen LogP contribution in [0, 0.1) is 0 Å². The van der Waals surface area contributed by atoms with Crippen molar-refractivity contribution in [3.8, 4) is 0 Å². The fraction of sp³-hybridized carbons (Fsp3) is 0.273. The second-order valence-electron chi connectivity index (χ2n) is 3.68. The maximum atomic E-state index is 11.6. The van der Waals surface area contributed by atoms with Crippen LogP contribution in [0.3, 0.4) is 0 Å². The van der Waals surface area contributed by atoms with Crippen LogP contribution in [-0.2, 0) is 20.9 Å². The third-order valence-electron chi connectivity index (χ3n) is 2.35. The van der Waals surface area contributed by atoms with E-state index >= 15 is 0 Å². The van der Waals surface area contributed by atoms with Gasteiger partial charge in [0.15, 0.2) is 0 Å². The number of carbonyl (C=O) groups is 2.